The SMILES string of the molecule is CCOC(=O)c1cc(S(=O)(=O)O)ccc1Cl. The Kier molecular flexibility index (Phi) is 3.90. The molecule has 0 aliphatic carbocycles. The van der Waals surface area contributed by atoms with Crippen molar-refractivity contribution in [3.63, 3.8) is 0 Å². The molecule has 0 radical (unpaired) electrons. The molecule has 0 aliphatic rings. The molecule has 1 N–H and O–H groups in total. The minimum absolute atomic E-state index is 0.0610. The zero-order chi connectivity index (χ0) is 12.3. The Bertz CT molecular complexity index is 509. The lowest BCUT2D eigenvalue weighted by Gasteiger charge is -2.05. The van der Waals surface area contributed by atoms with Crippen LogP contribution in [-0.4, -0.2) is 25.5 Å². The maximum absolute atomic E-state index is 11.4. The van der Waals surface area contributed by atoms with Crippen LogP contribution in [0.2, 0.25) is 5.02 Å². The summed E-state index contributed by atoms with van der Waals surface area (Å²) in [6.07, 6.45) is 0. The van der Waals surface area contributed by atoms with Gasteiger partial charge in [-0.25, -0.2) is 4.79 Å². The van der Waals surface area contributed by atoms with Gasteiger partial charge in [0, 0.05) is 0 Å². The van der Waals surface area contributed by atoms with Crippen LogP contribution in [0.5, 0.6) is 0 Å². The van der Waals surface area contributed by atoms with Crippen molar-refractivity contribution in [2.24, 2.45) is 0 Å². The first-order valence-corrected chi connectivity index (χ1v) is 6.12. The Hall–Kier alpha value is -1.11. The second-order valence-electron chi connectivity index (χ2n) is 2.84. The molecule has 5 nitrogen and oxygen atoms in total. The van der Waals surface area contributed by atoms with Crippen LogP contribution in [0.15, 0.2) is 23.1 Å². The van der Waals surface area contributed by atoms with Crippen molar-refractivity contribution in [2.45, 2.75) is 11.8 Å². The summed E-state index contributed by atoms with van der Waals surface area (Å²) in [5, 5.41) is 0.0610. The summed E-state index contributed by atoms with van der Waals surface area (Å²) in [4.78, 5) is 11.0. The summed E-state index contributed by atoms with van der Waals surface area (Å²) >= 11 is 5.70. The molecule has 0 saturated heterocycles. The van der Waals surface area contributed by atoms with Crippen molar-refractivity contribution in [3.05, 3.63) is 28.8 Å². The number of carbonyl (C=O) groups excluding carboxylic acids is 1. The highest BCUT2D eigenvalue weighted by Crippen LogP contribution is 2.21. The predicted molar refractivity (Wildman–Crippen MR) is 57.2 cm³/mol. The molecular weight excluding hydrogens is 256 g/mol. The Morgan fingerprint density at radius 1 is 1.50 bits per heavy atom. The van der Waals surface area contributed by atoms with E-state index in [4.69, 9.17) is 16.2 Å². The summed E-state index contributed by atoms with van der Waals surface area (Å²) in [6, 6.07) is 3.27. The molecule has 0 fully saturated rings. The van der Waals surface area contributed by atoms with Crippen LogP contribution in [-0.2, 0) is 14.9 Å². The third-order valence-corrected chi connectivity index (χ3v) is 2.91. The molecule has 0 aromatic heterocycles. The minimum Gasteiger partial charge on any atom is -0.462 e. The van der Waals surface area contributed by atoms with E-state index in [0.29, 0.717) is 0 Å². The van der Waals surface area contributed by atoms with Crippen LogP contribution in [0.4, 0.5) is 0 Å². The van der Waals surface area contributed by atoms with Crippen LogP contribution in [0.1, 0.15) is 17.3 Å². The lowest BCUT2D eigenvalue weighted by atomic mass is 10.2. The Balaban J connectivity index is 3.24. The van der Waals surface area contributed by atoms with Gasteiger partial charge < -0.3 is 4.74 Å². The molecule has 16 heavy (non-hydrogen) atoms. The highest BCUT2D eigenvalue weighted by Gasteiger charge is 2.17. The molecule has 0 amide bonds. The fourth-order valence-corrected chi connectivity index (χ4v) is 1.73. The first-order valence-electron chi connectivity index (χ1n) is 4.30. The largest absolute Gasteiger partial charge is 0.462 e. The smallest absolute Gasteiger partial charge is 0.339 e. The molecular formula is C9H9ClO5S. The number of hydrogen-bond donors (Lipinski definition) is 1. The van der Waals surface area contributed by atoms with Gasteiger partial charge >= 0.3 is 5.97 Å². The van der Waals surface area contributed by atoms with Crippen molar-refractivity contribution in [1.82, 2.24) is 0 Å². The Labute approximate surface area is 97.7 Å². The molecule has 1 rings (SSSR count). The number of rotatable bonds is 3. The van der Waals surface area contributed by atoms with Gasteiger partial charge in [0.05, 0.1) is 22.1 Å². The average Bonchev–Trinajstić information content (AvgIpc) is 2.16. The first kappa shape index (κ1) is 13.0. The van der Waals surface area contributed by atoms with Crippen molar-refractivity contribution in [1.29, 1.82) is 0 Å². The molecule has 0 unspecified atom stereocenters. The van der Waals surface area contributed by atoms with Crippen molar-refractivity contribution >= 4 is 27.7 Å². The molecule has 88 valence electrons. The summed E-state index contributed by atoms with van der Waals surface area (Å²) < 4.78 is 35.1. The quantitative estimate of drug-likeness (QED) is 0.665. The summed E-state index contributed by atoms with van der Waals surface area (Å²) in [6.45, 7) is 1.75. The molecule has 0 spiro atoms. The van der Waals surface area contributed by atoms with E-state index in [1.807, 2.05) is 0 Å². The normalized spacial score (nSPS) is 11.2. The topological polar surface area (TPSA) is 80.7 Å². The van der Waals surface area contributed by atoms with Gasteiger partial charge in [0.2, 0.25) is 0 Å². The van der Waals surface area contributed by atoms with Gasteiger partial charge in [-0.05, 0) is 25.1 Å². The number of halogens is 1. The lowest BCUT2D eigenvalue weighted by molar-refractivity contribution is 0.0526. The van der Waals surface area contributed by atoms with E-state index >= 15 is 0 Å². The molecule has 1 aromatic rings. The number of hydrogen-bond acceptors (Lipinski definition) is 4. The predicted octanol–water partition coefficient (Wildman–Crippen LogP) is 1.76. The molecule has 1 aromatic carbocycles. The third kappa shape index (κ3) is 2.94. The molecule has 0 bridgehead atoms. The first-order chi connectivity index (χ1) is 7.36. The van der Waals surface area contributed by atoms with Crippen molar-refractivity contribution in [3.8, 4) is 0 Å². The van der Waals surface area contributed by atoms with Gasteiger partial charge in [-0.1, -0.05) is 11.6 Å². The zero-order valence-electron chi connectivity index (χ0n) is 8.31. The third-order valence-electron chi connectivity index (χ3n) is 1.73. The average molecular weight is 265 g/mol. The van der Waals surface area contributed by atoms with Gasteiger partial charge in [0.15, 0.2) is 0 Å². The minimum atomic E-state index is -4.36. The van der Waals surface area contributed by atoms with Gasteiger partial charge in [0.25, 0.3) is 10.1 Å². The van der Waals surface area contributed by atoms with E-state index in [9.17, 15) is 13.2 Å². The van der Waals surface area contributed by atoms with E-state index < -0.39 is 21.0 Å². The number of carbonyl (C=O) groups is 1. The molecule has 0 aliphatic heterocycles. The summed E-state index contributed by atoms with van der Waals surface area (Å²) in [7, 11) is -4.36. The van der Waals surface area contributed by atoms with Gasteiger partial charge in [0.1, 0.15) is 0 Å². The van der Waals surface area contributed by atoms with Gasteiger partial charge in [-0.15, -0.1) is 0 Å². The van der Waals surface area contributed by atoms with Crippen molar-refractivity contribution < 1.29 is 22.5 Å². The summed E-state index contributed by atoms with van der Waals surface area (Å²) in [5.41, 5.74) is -0.0985. The molecule has 0 atom stereocenters. The van der Waals surface area contributed by atoms with Gasteiger partial charge in [-0.3, -0.25) is 4.55 Å². The molecule has 0 saturated carbocycles. The van der Waals surface area contributed by atoms with Crippen LogP contribution in [0, 0.1) is 0 Å². The second kappa shape index (κ2) is 4.82. The van der Waals surface area contributed by atoms with Crippen LogP contribution in [0.3, 0.4) is 0 Å². The van der Waals surface area contributed by atoms with E-state index in [1.54, 1.807) is 6.92 Å². The fourth-order valence-electron chi connectivity index (χ4n) is 1.03. The fraction of sp³-hybridized carbons (Fsp3) is 0.222. The van der Waals surface area contributed by atoms with E-state index in [1.165, 1.54) is 6.07 Å². The maximum atomic E-state index is 11.4. The molecule has 0 heterocycles. The second-order valence-corrected chi connectivity index (χ2v) is 4.67. The van der Waals surface area contributed by atoms with Crippen LogP contribution in [0.25, 0.3) is 0 Å². The zero-order valence-corrected chi connectivity index (χ0v) is 9.88. The summed E-state index contributed by atoms with van der Waals surface area (Å²) in [5.74, 6) is -0.738. The Morgan fingerprint density at radius 3 is 2.62 bits per heavy atom. The van der Waals surface area contributed by atoms with E-state index in [-0.39, 0.29) is 17.2 Å². The van der Waals surface area contributed by atoms with E-state index in [2.05, 4.69) is 4.74 Å². The maximum Gasteiger partial charge on any atom is 0.339 e. The Morgan fingerprint density at radius 2 is 2.12 bits per heavy atom. The van der Waals surface area contributed by atoms with Crippen LogP contribution >= 0.6 is 11.6 Å². The van der Waals surface area contributed by atoms with Crippen molar-refractivity contribution in [2.75, 3.05) is 6.61 Å². The monoisotopic (exact) mass is 264 g/mol. The number of esters is 1. The lowest BCUT2D eigenvalue weighted by Crippen LogP contribution is -2.07. The van der Waals surface area contributed by atoms with E-state index in [0.717, 1.165) is 12.1 Å². The highest BCUT2D eigenvalue weighted by atomic mass is 35.5. The number of ether oxygens (including phenoxy) is 1. The van der Waals surface area contributed by atoms with Crippen LogP contribution < -0.4 is 0 Å². The molecule has 7 heteroatoms. The van der Waals surface area contributed by atoms with Gasteiger partial charge in [-0.2, -0.15) is 8.42 Å². The number of benzene rings is 1. The highest BCUT2D eigenvalue weighted by molar-refractivity contribution is 7.85. The standard InChI is InChI=1S/C9H9ClO5S/c1-2-15-9(11)7-5-6(16(12,13)14)3-4-8(7)10/h3-5H,2H2,1H3,(H,12,13,14).